The van der Waals surface area contributed by atoms with Gasteiger partial charge in [-0.05, 0) is 39.3 Å². The number of nitrogens with zero attached hydrogens (tertiary/aromatic N) is 3. The van der Waals surface area contributed by atoms with Gasteiger partial charge in [0.25, 0.3) is 5.91 Å². The molecule has 1 amide bonds. The van der Waals surface area contributed by atoms with Gasteiger partial charge >= 0.3 is 0 Å². The number of rotatable bonds is 5. The average Bonchev–Trinajstić information content (AvgIpc) is 2.93. The molecule has 1 aromatic carbocycles. The van der Waals surface area contributed by atoms with Crippen molar-refractivity contribution in [2.45, 2.75) is 39.8 Å². The molecule has 118 valence electrons. The fourth-order valence-electron chi connectivity index (χ4n) is 2.36. The molecule has 0 radical (unpaired) electrons. The van der Waals surface area contributed by atoms with E-state index in [1.165, 1.54) is 0 Å². The van der Waals surface area contributed by atoms with E-state index in [0.29, 0.717) is 12.1 Å². The molecule has 22 heavy (non-hydrogen) atoms. The highest BCUT2D eigenvalue weighted by molar-refractivity contribution is 5.94. The predicted molar refractivity (Wildman–Crippen MR) is 86.2 cm³/mol. The smallest absolute Gasteiger partial charge is 0.257 e. The summed E-state index contributed by atoms with van der Waals surface area (Å²) in [6, 6.07) is 7.90. The number of aryl methyl sites for hydroxylation is 1. The summed E-state index contributed by atoms with van der Waals surface area (Å²) in [6.45, 7) is 7.87. The fraction of sp³-hybridized carbons (Fsp3) is 0.412. The molecule has 0 aliphatic carbocycles. The van der Waals surface area contributed by atoms with E-state index in [2.05, 4.69) is 5.10 Å². The van der Waals surface area contributed by atoms with Crippen LogP contribution in [0.4, 0.5) is 0 Å². The van der Waals surface area contributed by atoms with Crippen molar-refractivity contribution < 1.29 is 9.90 Å². The Hall–Kier alpha value is -2.14. The first kappa shape index (κ1) is 16.2. The van der Waals surface area contributed by atoms with E-state index in [-0.39, 0.29) is 11.9 Å². The largest absolute Gasteiger partial charge is 0.392 e. The zero-order chi connectivity index (χ0) is 16.3. The van der Waals surface area contributed by atoms with Gasteiger partial charge in [-0.25, -0.2) is 4.68 Å². The van der Waals surface area contributed by atoms with Gasteiger partial charge in [-0.3, -0.25) is 4.79 Å². The van der Waals surface area contributed by atoms with Crippen molar-refractivity contribution in [2.75, 3.05) is 6.54 Å². The minimum absolute atomic E-state index is 0.0175. The molecule has 0 saturated heterocycles. The molecule has 0 aliphatic rings. The monoisotopic (exact) mass is 301 g/mol. The average molecular weight is 301 g/mol. The lowest BCUT2D eigenvalue weighted by Gasteiger charge is -2.27. The quantitative estimate of drug-likeness (QED) is 0.922. The van der Waals surface area contributed by atoms with Gasteiger partial charge in [-0.2, -0.15) is 5.10 Å². The molecule has 1 N–H and O–H groups in total. The molecule has 0 bridgehead atoms. The summed E-state index contributed by atoms with van der Waals surface area (Å²) < 4.78 is 1.71. The summed E-state index contributed by atoms with van der Waals surface area (Å²) in [4.78, 5) is 14.3. The first-order valence-electron chi connectivity index (χ1n) is 7.50. The number of para-hydroxylation sites is 1. The Morgan fingerprint density at radius 3 is 2.59 bits per heavy atom. The van der Waals surface area contributed by atoms with Crippen molar-refractivity contribution in [1.82, 2.24) is 14.7 Å². The van der Waals surface area contributed by atoms with Gasteiger partial charge in [0.15, 0.2) is 0 Å². The first-order valence-corrected chi connectivity index (χ1v) is 7.50. The van der Waals surface area contributed by atoms with Crippen molar-refractivity contribution in [3.05, 3.63) is 47.8 Å². The van der Waals surface area contributed by atoms with Crippen LogP contribution in [0.15, 0.2) is 36.7 Å². The molecule has 1 aromatic heterocycles. The normalized spacial score (nSPS) is 12.5. The van der Waals surface area contributed by atoms with Crippen LogP contribution in [0.1, 0.15) is 36.7 Å². The number of benzene rings is 1. The van der Waals surface area contributed by atoms with Crippen LogP contribution in [0, 0.1) is 6.92 Å². The number of hydrogen-bond acceptors (Lipinski definition) is 3. The van der Waals surface area contributed by atoms with Crippen LogP contribution in [0.2, 0.25) is 0 Å². The molecule has 5 heteroatoms. The zero-order valence-electron chi connectivity index (χ0n) is 13.5. The molecule has 1 heterocycles. The Labute approximate surface area is 131 Å². The minimum atomic E-state index is -0.558. The highest BCUT2D eigenvalue weighted by Gasteiger charge is 2.21. The maximum absolute atomic E-state index is 12.6. The summed E-state index contributed by atoms with van der Waals surface area (Å²) in [7, 11) is 0. The molecular weight excluding hydrogens is 278 g/mol. The Morgan fingerprint density at radius 2 is 2.00 bits per heavy atom. The van der Waals surface area contributed by atoms with E-state index < -0.39 is 6.10 Å². The highest BCUT2D eigenvalue weighted by Crippen LogP contribution is 2.15. The van der Waals surface area contributed by atoms with Crippen LogP contribution in [-0.4, -0.2) is 44.4 Å². The van der Waals surface area contributed by atoms with E-state index in [4.69, 9.17) is 0 Å². The van der Waals surface area contributed by atoms with Crippen molar-refractivity contribution in [3.63, 3.8) is 0 Å². The predicted octanol–water partition coefficient (Wildman–Crippen LogP) is 2.41. The van der Waals surface area contributed by atoms with E-state index in [9.17, 15) is 9.90 Å². The van der Waals surface area contributed by atoms with Crippen LogP contribution in [0.5, 0.6) is 0 Å². The lowest BCUT2D eigenvalue weighted by Crippen LogP contribution is -2.41. The molecule has 5 nitrogen and oxygen atoms in total. The van der Waals surface area contributed by atoms with Gasteiger partial charge in [0, 0.05) is 18.8 Å². The fourth-order valence-corrected chi connectivity index (χ4v) is 2.36. The SMILES string of the molecule is Cc1ccccc1-n1cc(C(=O)N(CC(C)O)C(C)C)cn1. The summed E-state index contributed by atoms with van der Waals surface area (Å²) >= 11 is 0. The molecular formula is C17H23N3O2. The Kier molecular flexibility index (Phi) is 4.98. The van der Waals surface area contributed by atoms with Crippen molar-refractivity contribution in [2.24, 2.45) is 0 Å². The molecule has 0 fully saturated rings. The van der Waals surface area contributed by atoms with Gasteiger partial charge in [-0.1, -0.05) is 18.2 Å². The second kappa shape index (κ2) is 6.75. The van der Waals surface area contributed by atoms with Crippen molar-refractivity contribution in [1.29, 1.82) is 0 Å². The van der Waals surface area contributed by atoms with Crippen LogP contribution < -0.4 is 0 Å². The van der Waals surface area contributed by atoms with Gasteiger partial charge < -0.3 is 10.0 Å². The van der Waals surface area contributed by atoms with Gasteiger partial charge in [0.05, 0.1) is 23.6 Å². The third-order valence-corrected chi connectivity index (χ3v) is 3.54. The lowest BCUT2D eigenvalue weighted by molar-refractivity contribution is 0.0579. The number of aliphatic hydroxyl groups is 1. The van der Waals surface area contributed by atoms with Gasteiger partial charge in [0.2, 0.25) is 0 Å². The molecule has 2 rings (SSSR count). The zero-order valence-corrected chi connectivity index (χ0v) is 13.5. The van der Waals surface area contributed by atoms with E-state index >= 15 is 0 Å². The molecule has 2 aromatic rings. The number of aromatic nitrogens is 2. The summed E-state index contributed by atoms with van der Waals surface area (Å²) in [5.74, 6) is -0.115. The highest BCUT2D eigenvalue weighted by atomic mass is 16.3. The molecule has 0 saturated carbocycles. The van der Waals surface area contributed by atoms with Crippen molar-refractivity contribution in [3.8, 4) is 5.69 Å². The number of carbonyl (C=O) groups excluding carboxylic acids is 1. The number of aliphatic hydroxyl groups excluding tert-OH is 1. The third-order valence-electron chi connectivity index (χ3n) is 3.54. The maximum Gasteiger partial charge on any atom is 0.257 e. The second-order valence-electron chi connectivity index (χ2n) is 5.86. The summed E-state index contributed by atoms with van der Waals surface area (Å²) in [5, 5.41) is 13.9. The number of carbonyl (C=O) groups is 1. The van der Waals surface area contributed by atoms with Crippen LogP contribution in [0.3, 0.4) is 0 Å². The third kappa shape index (κ3) is 3.54. The van der Waals surface area contributed by atoms with E-state index in [1.54, 1.807) is 28.9 Å². The summed E-state index contributed by atoms with van der Waals surface area (Å²) in [6.07, 6.45) is 2.76. The topological polar surface area (TPSA) is 58.4 Å². The number of hydrogen-bond donors (Lipinski definition) is 1. The molecule has 0 aliphatic heterocycles. The van der Waals surface area contributed by atoms with Crippen LogP contribution in [-0.2, 0) is 0 Å². The Bertz CT molecular complexity index is 647. The maximum atomic E-state index is 12.6. The molecule has 1 unspecified atom stereocenters. The lowest BCUT2D eigenvalue weighted by atomic mass is 10.2. The number of amides is 1. The Balaban J connectivity index is 2.27. The van der Waals surface area contributed by atoms with E-state index in [1.807, 2.05) is 45.0 Å². The van der Waals surface area contributed by atoms with Crippen molar-refractivity contribution >= 4 is 5.91 Å². The van der Waals surface area contributed by atoms with Crippen LogP contribution >= 0.6 is 0 Å². The Morgan fingerprint density at radius 1 is 1.32 bits per heavy atom. The van der Waals surface area contributed by atoms with Crippen LogP contribution in [0.25, 0.3) is 5.69 Å². The van der Waals surface area contributed by atoms with Gasteiger partial charge in [0.1, 0.15) is 0 Å². The first-order chi connectivity index (χ1) is 10.4. The molecule has 1 atom stereocenters. The second-order valence-corrected chi connectivity index (χ2v) is 5.86. The van der Waals surface area contributed by atoms with Gasteiger partial charge in [-0.15, -0.1) is 0 Å². The standard InChI is InChI=1S/C17H23N3O2/c1-12(2)19(10-14(4)21)17(22)15-9-18-20(11-15)16-8-6-5-7-13(16)3/h5-9,11-12,14,21H,10H2,1-4H3. The summed E-state index contributed by atoms with van der Waals surface area (Å²) in [5.41, 5.74) is 2.57. The minimum Gasteiger partial charge on any atom is -0.392 e. The molecule has 0 spiro atoms. The van der Waals surface area contributed by atoms with E-state index in [0.717, 1.165) is 11.3 Å².